The highest BCUT2D eigenvalue weighted by Gasteiger charge is 2.33. The van der Waals surface area contributed by atoms with Crippen molar-refractivity contribution in [3.05, 3.63) is 115 Å². The lowest BCUT2D eigenvalue weighted by molar-refractivity contribution is -0.138. The van der Waals surface area contributed by atoms with Crippen LogP contribution in [0.25, 0.3) is 12.2 Å². The molecular formula is C33H28Cl4N2O5. The molecule has 0 saturated carbocycles. The molecule has 44 heavy (non-hydrogen) atoms. The first kappa shape index (κ1) is 33.3. The number of rotatable bonds is 10. The van der Waals surface area contributed by atoms with E-state index in [1.165, 1.54) is 4.90 Å². The molecule has 0 aromatic heterocycles. The lowest BCUT2D eigenvalue weighted by atomic mass is 9.93. The van der Waals surface area contributed by atoms with Crippen LogP contribution in [0.3, 0.4) is 0 Å². The molecule has 1 aliphatic rings. The molecule has 7 nitrogen and oxygen atoms in total. The second kappa shape index (κ2) is 15.4. The number of ketones is 1. The van der Waals surface area contributed by atoms with Gasteiger partial charge in [-0.05, 0) is 59.5 Å². The van der Waals surface area contributed by atoms with Crippen molar-refractivity contribution in [3.8, 4) is 0 Å². The van der Waals surface area contributed by atoms with Gasteiger partial charge in [0, 0.05) is 43.5 Å². The molecule has 0 spiro atoms. The van der Waals surface area contributed by atoms with Crippen LogP contribution >= 0.6 is 46.4 Å². The number of carboxylic acids is 1. The van der Waals surface area contributed by atoms with Gasteiger partial charge < -0.3 is 15.3 Å². The smallest absolute Gasteiger partial charge is 0.303 e. The maximum atomic E-state index is 14.1. The van der Waals surface area contributed by atoms with Gasteiger partial charge in [0.2, 0.25) is 11.8 Å². The summed E-state index contributed by atoms with van der Waals surface area (Å²) in [6, 6.07) is 18.2. The van der Waals surface area contributed by atoms with Gasteiger partial charge in [-0.25, -0.2) is 0 Å². The van der Waals surface area contributed by atoms with E-state index in [1.807, 2.05) is 30.3 Å². The average molecular weight is 674 g/mol. The van der Waals surface area contributed by atoms with Gasteiger partial charge >= 0.3 is 5.97 Å². The molecule has 2 N–H and O–H groups in total. The van der Waals surface area contributed by atoms with Crippen molar-refractivity contribution in [2.45, 2.75) is 31.7 Å². The van der Waals surface area contributed by atoms with E-state index < -0.39 is 23.8 Å². The molecule has 1 aliphatic heterocycles. The SMILES string of the molecule is O=C(O)CCCC(=O)N[C@@H](Cc1ccccc1)C(=O)N1C/C(=C\c2ccc(Cl)c(Cl)c2)C(=O)/C(=C/c2ccc(Cl)c(Cl)c2)C1. The van der Waals surface area contributed by atoms with E-state index in [4.69, 9.17) is 51.5 Å². The van der Waals surface area contributed by atoms with E-state index in [-0.39, 0.29) is 44.6 Å². The van der Waals surface area contributed by atoms with E-state index in [1.54, 1.807) is 48.6 Å². The summed E-state index contributed by atoms with van der Waals surface area (Å²) in [6.07, 6.45) is 3.44. The number of carbonyl (C=O) groups is 4. The van der Waals surface area contributed by atoms with Crippen LogP contribution in [0.1, 0.15) is 36.0 Å². The van der Waals surface area contributed by atoms with Crippen LogP contribution in [0.5, 0.6) is 0 Å². The fourth-order valence-corrected chi connectivity index (χ4v) is 5.35. The van der Waals surface area contributed by atoms with E-state index in [0.29, 0.717) is 42.4 Å². The van der Waals surface area contributed by atoms with Gasteiger partial charge in [0.15, 0.2) is 5.78 Å². The van der Waals surface area contributed by atoms with Crippen molar-refractivity contribution >= 4 is 82.1 Å². The zero-order valence-electron chi connectivity index (χ0n) is 23.4. The minimum atomic E-state index is -1.00. The lowest BCUT2D eigenvalue weighted by Crippen LogP contribution is -2.52. The molecule has 0 aliphatic carbocycles. The van der Waals surface area contributed by atoms with Gasteiger partial charge in [0.1, 0.15) is 6.04 Å². The maximum Gasteiger partial charge on any atom is 0.303 e. The van der Waals surface area contributed by atoms with Crippen LogP contribution in [0.15, 0.2) is 77.9 Å². The summed E-state index contributed by atoms with van der Waals surface area (Å²) < 4.78 is 0. The highest BCUT2D eigenvalue weighted by molar-refractivity contribution is 6.42. The van der Waals surface area contributed by atoms with Gasteiger partial charge in [-0.1, -0.05) is 88.9 Å². The Morgan fingerprint density at radius 3 is 1.84 bits per heavy atom. The Kier molecular flexibility index (Phi) is 11.6. The number of amides is 2. The number of nitrogens with one attached hydrogen (secondary N) is 1. The number of halogens is 4. The second-order valence-corrected chi connectivity index (χ2v) is 11.9. The maximum absolute atomic E-state index is 14.1. The summed E-state index contributed by atoms with van der Waals surface area (Å²) in [7, 11) is 0. The largest absolute Gasteiger partial charge is 0.481 e. The first-order valence-electron chi connectivity index (χ1n) is 13.7. The number of hydrogen-bond acceptors (Lipinski definition) is 4. The zero-order chi connectivity index (χ0) is 31.8. The predicted molar refractivity (Wildman–Crippen MR) is 174 cm³/mol. The van der Waals surface area contributed by atoms with Gasteiger partial charge in [-0.2, -0.15) is 0 Å². The summed E-state index contributed by atoms with van der Waals surface area (Å²) in [4.78, 5) is 53.0. The van der Waals surface area contributed by atoms with Crippen molar-refractivity contribution in [2.24, 2.45) is 0 Å². The third kappa shape index (κ3) is 9.19. The van der Waals surface area contributed by atoms with E-state index in [0.717, 1.165) is 5.56 Å². The van der Waals surface area contributed by atoms with Crippen LogP contribution in [-0.2, 0) is 25.6 Å². The third-order valence-electron chi connectivity index (χ3n) is 6.90. The Labute approximate surface area is 275 Å². The van der Waals surface area contributed by atoms with Crippen LogP contribution in [0.2, 0.25) is 20.1 Å². The third-order valence-corrected chi connectivity index (χ3v) is 8.37. The van der Waals surface area contributed by atoms with E-state index in [9.17, 15) is 19.2 Å². The number of carbonyl (C=O) groups excluding carboxylic acids is 3. The lowest BCUT2D eigenvalue weighted by Gasteiger charge is -2.33. The zero-order valence-corrected chi connectivity index (χ0v) is 26.4. The van der Waals surface area contributed by atoms with Gasteiger partial charge in [0.05, 0.1) is 20.1 Å². The summed E-state index contributed by atoms with van der Waals surface area (Å²) >= 11 is 24.6. The standard InChI is InChI=1S/C33H28Cl4N2O5/c34-25-11-9-21(15-27(25)36)13-23-18-39(19-24(32(23)43)14-22-10-12-26(35)28(37)16-22)33(44)29(17-20-5-2-1-3-6-20)38-30(40)7-4-8-31(41)42/h1-3,5-6,9-16,29H,4,7-8,17-19H2,(H,38,40)(H,41,42)/b23-13+,24-14+/t29-/m0/s1. The molecule has 1 atom stereocenters. The number of carboxylic acid groups (broad SMARTS) is 1. The Morgan fingerprint density at radius 2 is 1.34 bits per heavy atom. The van der Waals surface area contributed by atoms with E-state index >= 15 is 0 Å². The fraction of sp³-hybridized carbons (Fsp3) is 0.212. The molecule has 3 aromatic rings. The van der Waals surface area contributed by atoms with Gasteiger partial charge in [-0.15, -0.1) is 0 Å². The fourth-order valence-electron chi connectivity index (χ4n) is 4.74. The summed E-state index contributed by atoms with van der Waals surface area (Å²) in [5.41, 5.74) is 2.74. The predicted octanol–water partition coefficient (Wildman–Crippen LogP) is 7.16. The van der Waals surface area contributed by atoms with Gasteiger partial charge in [-0.3, -0.25) is 19.2 Å². The van der Waals surface area contributed by atoms with Gasteiger partial charge in [0.25, 0.3) is 0 Å². The normalized spacial score (nSPS) is 15.8. The minimum Gasteiger partial charge on any atom is -0.481 e. The molecule has 0 unspecified atom stereocenters. The van der Waals surface area contributed by atoms with Crippen LogP contribution in [-0.4, -0.2) is 52.7 Å². The molecule has 11 heteroatoms. The average Bonchev–Trinajstić information content (AvgIpc) is 2.98. The first-order valence-corrected chi connectivity index (χ1v) is 15.2. The molecule has 4 rings (SSSR count). The Hall–Kier alpha value is -3.62. The number of Topliss-reactive ketones (excluding diaryl/α,β-unsaturated/α-hetero) is 1. The number of nitrogens with zero attached hydrogens (tertiary/aromatic N) is 1. The van der Waals surface area contributed by atoms with Crippen molar-refractivity contribution in [2.75, 3.05) is 13.1 Å². The quantitative estimate of drug-likeness (QED) is 0.222. The Bertz CT molecular complexity index is 1560. The minimum absolute atomic E-state index is 0.0171. The number of hydrogen-bond donors (Lipinski definition) is 2. The highest BCUT2D eigenvalue weighted by Crippen LogP contribution is 2.28. The summed E-state index contributed by atoms with van der Waals surface area (Å²) in [5, 5.41) is 13.1. The molecule has 0 radical (unpaired) electrons. The summed E-state index contributed by atoms with van der Waals surface area (Å²) in [6.45, 7) is -0.0341. The number of benzene rings is 3. The molecule has 2 amide bonds. The second-order valence-electron chi connectivity index (χ2n) is 10.3. The van der Waals surface area contributed by atoms with Crippen LogP contribution < -0.4 is 5.32 Å². The molecule has 0 bridgehead atoms. The number of piperidine rings is 1. The van der Waals surface area contributed by atoms with Crippen LogP contribution in [0.4, 0.5) is 0 Å². The summed E-state index contributed by atoms with van der Waals surface area (Å²) in [5.74, 6) is -2.10. The van der Waals surface area contributed by atoms with Crippen molar-refractivity contribution in [1.29, 1.82) is 0 Å². The molecule has 1 heterocycles. The molecule has 1 saturated heterocycles. The van der Waals surface area contributed by atoms with Crippen molar-refractivity contribution in [3.63, 3.8) is 0 Å². The molecule has 3 aromatic carbocycles. The number of likely N-dealkylation sites (tertiary alicyclic amines) is 1. The van der Waals surface area contributed by atoms with E-state index in [2.05, 4.69) is 5.32 Å². The first-order chi connectivity index (χ1) is 21.0. The van der Waals surface area contributed by atoms with Crippen molar-refractivity contribution in [1.82, 2.24) is 10.2 Å². The molecular weight excluding hydrogens is 646 g/mol. The Balaban J connectivity index is 1.69. The Morgan fingerprint density at radius 1 is 0.795 bits per heavy atom. The molecule has 1 fully saturated rings. The highest BCUT2D eigenvalue weighted by atomic mass is 35.5. The monoisotopic (exact) mass is 672 g/mol. The number of aliphatic carboxylic acids is 1. The van der Waals surface area contributed by atoms with Crippen LogP contribution in [0, 0.1) is 0 Å². The molecule has 228 valence electrons. The topological polar surface area (TPSA) is 104 Å². The van der Waals surface area contributed by atoms with Crippen molar-refractivity contribution < 1.29 is 24.3 Å².